The van der Waals surface area contributed by atoms with Crippen molar-refractivity contribution in [3.63, 3.8) is 0 Å². The summed E-state index contributed by atoms with van der Waals surface area (Å²) in [5.74, 6) is 0.347. The quantitative estimate of drug-likeness (QED) is 0.262. The lowest BCUT2D eigenvalue weighted by Gasteiger charge is -2.20. The maximum atomic E-state index is 14.9. The third-order valence-electron chi connectivity index (χ3n) is 7.87. The predicted octanol–water partition coefficient (Wildman–Crippen LogP) is 4.68. The van der Waals surface area contributed by atoms with Gasteiger partial charge in [-0.05, 0) is 43.4 Å². The molecule has 10 nitrogen and oxygen atoms in total. The van der Waals surface area contributed by atoms with E-state index in [1.54, 1.807) is 31.3 Å². The molecule has 1 aliphatic carbocycles. The highest BCUT2D eigenvalue weighted by Crippen LogP contribution is 2.47. The summed E-state index contributed by atoms with van der Waals surface area (Å²) in [4.78, 5) is 23.1. The van der Waals surface area contributed by atoms with Gasteiger partial charge in [0.15, 0.2) is 0 Å². The van der Waals surface area contributed by atoms with Crippen molar-refractivity contribution in [2.24, 2.45) is 13.0 Å². The largest absolute Gasteiger partial charge is 0.471 e. The van der Waals surface area contributed by atoms with Gasteiger partial charge in [-0.1, -0.05) is 17.3 Å². The van der Waals surface area contributed by atoms with Crippen LogP contribution >= 0.6 is 0 Å². The molecule has 1 saturated carbocycles. The Labute approximate surface area is 244 Å². The van der Waals surface area contributed by atoms with Crippen molar-refractivity contribution < 1.29 is 31.6 Å². The zero-order chi connectivity index (χ0) is 30.2. The molecule has 1 N–H and O–H groups in total. The van der Waals surface area contributed by atoms with Crippen LogP contribution in [0.3, 0.4) is 0 Å². The number of carbonyl (C=O) groups is 1. The summed E-state index contributed by atoms with van der Waals surface area (Å²) in [6.07, 6.45) is 0.230. The third kappa shape index (κ3) is 6.38. The van der Waals surface area contributed by atoms with Crippen LogP contribution in [-0.2, 0) is 19.8 Å². The number of pyridine rings is 1. The zero-order valence-corrected chi connectivity index (χ0v) is 23.3. The molecular weight excluding hydrogens is 570 g/mol. The third-order valence-corrected chi connectivity index (χ3v) is 7.87. The van der Waals surface area contributed by atoms with E-state index in [1.807, 2.05) is 0 Å². The number of alkyl halides is 4. The van der Waals surface area contributed by atoms with Crippen LogP contribution in [0.5, 0.6) is 5.88 Å². The molecule has 1 saturated heterocycles. The summed E-state index contributed by atoms with van der Waals surface area (Å²) < 4.78 is 65.9. The lowest BCUT2D eigenvalue weighted by molar-refractivity contribution is -0.137. The predicted molar refractivity (Wildman–Crippen MR) is 145 cm³/mol. The molecule has 2 aliphatic rings. The topological polar surface area (TPSA) is 111 Å². The molecule has 0 spiro atoms. The van der Waals surface area contributed by atoms with E-state index in [0.29, 0.717) is 61.2 Å². The standard InChI is InChI=1S/C29H29F4N7O3/c1-39-23(16-42-24-8-7-21(14-35-24)29(31,32)33)22(15-36-39)27-37-25(38-43-27)18-3-2-4-19(13-18)26(41)34-10-12-40-11-9-28(30,17-40)20-5-6-20/h2-4,7-8,13-15,20H,5-6,9-12,16-17H2,1H3,(H,34,41). The number of aromatic nitrogens is 5. The number of halogens is 4. The molecule has 14 heteroatoms. The molecule has 2 fully saturated rings. The number of aryl methyl sites for hydroxylation is 1. The molecule has 0 radical (unpaired) electrons. The molecule has 1 aliphatic heterocycles. The van der Waals surface area contributed by atoms with Gasteiger partial charge >= 0.3 is 6.18 Å². The van der Waals surface area contributed by atoms with Crippen LogP contribution in [0.4, 0.5) is 17.6 Å². The Morgan fingerprint density at radius 1 is 1.21 bits per heavy atom. The van der Waals surface area contributed by atoms with Crippen molar-refractivity contribution in [2.45, 2.75) is 37.7 Å². The number of benzene rings is 1. The Bertz CT molecular complexity index is 1600. The van der Waals surface area contributed by atoms with E-state index in [1.165, 1.54) is 10.9 Å². The smallest absolute Gasteiger partial charge is 0.417 e. The summed E-state index contributed by atoms with van der Waals surface area (Å²) in [7, 11) is 1.67. The fourth-order valence-corrected chi connectivity index (χ4v) is 5.27. The van der Waals surface area contributed by atoms with Gasteiger partial charge in [-0.2, -0.15) is 23.3 Å². The molecule has 4 heterocycles. The Balaban J connectivity index is 1.07. The minimum absolute atomic E-state index is 0.00988. The second-order valence-corrected chi connectivity index (χ2v) is 10.9. The molecule has 43 heavy (non-hydrogen) atoms. The van der Waals surface area contributed by atoms with Crippen LogP contribution in [0.2, 0.25) is 0 Å². The fourth-order valence-electron chi connectivity index (χ4n) is 5.27. The van der Waals surface area contributed by atoms with Crippen molar-refractivity contribution in [3.8, 4) is 28.7 Å². The van der Waals surface area contributed by atoms with Crippen molar-refractivity contribution in [1.82, 2.24) is 35.1 Å². The van der Waals surface area contributed by atoms with Gasteiger partial charge in [-0.15, -0.1) is 0 Å². The average molecular weight is 600 g/mol. The molecule has 1 aromatic carbocycles. The van der Waals surface area contributed by atoms with E-state index in [9.17, 15) is 22.4 Å². The van der Waals surface area contributed by atoms with E-state index in [0.717, 1.165) is 25.0 Å². The number of ether oxygens (including phenoxy) is 1. The number of amides is 1. The highest BCUT2D eigenvalue weighted by Gasteiger charge is 2.49. The van der Waals surface area contributed by atoms with Gasteiger partial charge in [-0.25, -0.2) is 9.37 Å². The average Bonchev–Trinajstić information content (AvgIpc) is 3.46. The zero-order valence-electron chi connectivity index (χ0n) is 23.3. The highest BCUT2D eigenvalue weighted by molar-refractivity contribution is 5.95. The minimum Gasteiger partial charge on any atom is -0.471 e. The molecule has 3 aromatic heterocycles. The molecule has 1 atom stereocenters. The van der Waals surface area contributed by atoms with Gasteiger partial charge in [0.05, 0.1) is 23.0 Å². The van der Waals surface area contributed by atoms with Crippen LogP contribution in [0.25, 0.3) is 22.8 Å². The molecular formula is C29H29F4N7O3. The fraction of sp³-hybridized carbons (Fsp3) is 0.414. The number of hydrogen-bond donors (Lipinski definition) is 1. The van der Waals surface area contributed by atoms with E-state index in [4.69, 9.17) is 9.26 Å². The van der Waals surface area contributed by atoms with Crippen LogP contribution in [-0.4, -0.2) is 67.6 Å². The lowest BCUT2D eigenvalue weighted by Crippen LogP contribution is -2.36. The van der Waals surface area contributed by atoms with Crippen LogP contribution in [0.15, 0.2) is 53.3 Å². The summed E-state index contributed by atoms with van der Waals surface area (Å²) in [5.41, 5.74) is 0.0375. The van der Waals surface area contributed by atoms with Crippen molar-refractivity contribution >= 4 is 5.91 Å². The molecule has 6 rings (SSSR count). The first-order chi connectivity index (χ1) is 20.6. The van der Waals surface area contributed by atoms with Crippen LogP contribution < -0.4 is 10.1 Å². The summed E-state index contributed by atoms with van der Waals surface area (Å²) in [5, 5.41) is 11.2. The number of hydrogen-bond acceptors (Lipinski definition) is 8. The minimum atomic E-state index is -4.49. The normalized spacial score (nSPS) is 19.1. The van der Waals surface area contributed by atoms with Crippen molar-refractivity contribution in [3.05, 3.63) is 65.6 Å². The number of carbonyl (C=O) groups excluding carboxylic acids is 1. The van der Waals surface area contributed by atoms with Gasteiger partial charge in [-0.3, -0.25) is 14.4 Å². The Hall–Kier alpha value is -4.33. The lowest BCUT2D eigenvalue weighted by atomic mass is 10.00. The maximum absolute atomic E-state index is 14.9. The first-order valence-corrected chi connectivity index (χ1v) is 13.9. The van der Waals surface area contributed by atoms with E-state index in [-0.39, 0.29) is 36.0 Å². The second kappa shape index (κ2) is 11.4. The Morgan fingerprint density at radius 2 is 2.05 bits per heavy atom. The molecule has 226 valence electrons. The molecule has 1 amide bonds. The van der Waals surface area contributed by atoms with Crippen LogP contribution in [0.1, 0.15) is 40.9 Å². The van der Waals surface area contributed by atoms with Gasteiger partial charge in [0, 0.05) is 56.6 Å². The first kappa shape index (κ1) is 28.8. The number of nitrogens with one attached hydrogen (secondary N) is 1. The SMILES string of the molecule is Cn1ncc(-c2nc(-c3cccc(C(=O)NCCN4CCC(F)(C5CC5)C4)c3)no2)c1COc1ccc(C(F)(F)F)cn1. The molecule has 0 bridgehead atoms. The van der Waals surface area contributed by atoms with E-state index < -0.39 is 17.4 Å². The highest BCUT2D eigenvalue weighted by atomic mass is 19.4. The maximum Gasteiger partial charge on any atom is 0.417 e. The van der Waals surface area contributed by atoms with Gasteiger partial charge in [0.2, 0.25) is 11.7 Å². The number of rotatable bonds is 10. The van der Waals surface area contributed by atoms with E-state index in [2.05, 4.69) is 30.4 Å². The van der Waals surface area contributed by atoms with E-state index >= 15 is 0 Å². The summed E-state index contributed by atoms with van der Waals surface area (Å²) in [6.45, 7) is 2.06. The van der Waals surface area contributed by atoms with Crippen molar-refractivity contribution in [2.75, 3.05) is 26.2 Å². The monoisotopic (exact) mass is 599 g/mol. The second-order valence-electron chi connectivity index (χ2n) is 10.9. The van der Waals surface area contributed by atoms with Gasteiger partial charge in [0.1, 0.15) is 12.3 Å². The Morgan fingerprint density at radius 3 is 2.79 bits per heavy atom. The summed E-state index contributed by atoms with van der Waals surface area (Å²) in [6, 6.07) is 8.84. The Kier molecular flexibility index (Phi) is 7.63. The van der Waals surface area contributed by atoms with Gasteiger partial charge in [0.25, 0.3) is 11.8 Å². The van der Waals surface area contributed by atoms with Gasteiger partial charge < -0.3 is 14.6 Å². The first-order valence-electron chi connectivity index (χ1n) is 13.9. The summed E-state index contributed by atoms with van der Waals surface area (Å²) >= 11 is 0. The molecule has 1 unspecified atom stereocenters. The van der Waals surface area contributed by atoms with Crippen LogP contribution in [0, 0.1) is 5.92 Å². The molecule has 4 aromatic rings. The van der Waals surface area contributed by atoms with Crippen molar-refractivity contribution in [1.29, 1.82) is 0 Å². The number of nitrogens with zero attached hydrogens (tertiary/aromatic N) is 6. The number of likely N-dealkylation sites (tertiary alicyclic amines) is 1.